The number of hydrogen-bond acceptors (Lipinski definition) is 2. The molecule has 24 heavy (non-hydrogen) atoms. The number of amides is 2. The summed E-state index contributed by atoms with van der Waals surface area (Å²) in [5.41, 5.74) is 3.65. The van der Waals surface area contributed by atoms with Crippen molar-refractivity contribution in [1.29, 1.82) is 0 Å². The molecule has 0 spiro atoms. The van der Waals surface area contributed by atoms with E-state index in [1.54, 1.807) is 6.20 Å². The van der Waals surface area contributed by atoms with Crippen molar-refractivity contribution in [1.82, 2.24) is 10.3 Å². The number of carbonyl (C=O) groups excluding carboxylic acids is 1. The number of rotatable bonds is 3. The number of aryl methyl sites for hydroxylation is 1. The van der Waals surface area contributed by atoms with Crippen LogP contribution >= 0.6 is 22.6 Å². The minimum atomic E-state index is -0.240. The Morgan fingerprint density at radius 2 is 1.96 bits per heavy atom. The van der Waals surface area contributed by atoms with Gasteiger partial charge in [0.15, 0.2) is 0 Å². The van der Waals surface area contributed by atoms with Gasteiger partial charge in [0, 0.05) is 21.7 Å². The molecule has 0 aliphatic rings. The number of hydrogen-bond donors (Lipinski definition) is 2. The third-order valence-corrected chi connectivity index (χ3v) is 4.48. The maximum Gasteiger partial charge on any atom is 0.320 e. The van der Waals surface area contributed by atoms with E-state index in [1.807, 2.05) is 13.0 Å². The maximum atomic E-state index is 11.6. The fraction of sp³-hybridized carbons (Fsp3) is 0.158. The van der Waals surface area contributed by atoms with Gasteiger partial charge < -0.3 is 5.32 Å². The number of halogens is 1. The second-order valence-electron chi connectivity index (χ2n) is 5.58. The summed E-state index contributed by atoms with van der Waals surface area (Å²) < 4.78 is 1.22. The van der Waals surface area contributed by atoms with Crippen molar-refractivity contribution in [3.05, 3.63) is 57.8 Å². The molecule has 1 aromatic heterocycles. The van der Waals surface area contributed by atoms with E-state index >= 15 is 0 Å². The lowest BCUT2D eigenvalue weighted by molar-refractivity contribution is 0.252. The first-order valence-corrected chi connectivity index (χ1v) is 8.86. The molecule has 5 heteroatoms. The Morgan fingerprint density at radius 1 is 1.12 bits per heavy atom. The zero-order valence-corrected chi connectivity index (χ0v) is 15.7. The molecule has 0 radical (unpaired) electrons. The number of pyridine rings is 1. The molecule has 0 saturated heterocycles. The van der Waals surface area contributed by atoms with E-state index in [4.69, 9.17) is 0 Å². The number of anilines is 1. The molecule has 0 aliphatic heterocycles. The van der Waals surface area contributed by atoms with Crippen molar-refractivity contribution in [3.63, 3.8) is 0 Å². The number of benzene rings is 2. The van der Waals surface area contributed by atoms with Crippen LogP contribution in [-0.2, 0) is 0 Å². The average molecular weight is 431 g/mol. The summed E-state index contributed by atoms with van der Waals surface area (Å²) in [7, 11) is 0. The molecule has 2 amide bonds. The largest absolute Gasteiger partial charge is 0.338 e. The molecule has 0 fully saturated rings. The van der Waals surface area contributed by atoms with Gasteiger partial charge in [-0.05, 0) is 82.8 Å². The molecule has 2 N–H and O–H groups in total. The summed E-state index contributed by atoms with van der Waals surface area (Å²) in [5, 5.41) is 7.52. The van der Waals surface area contributed by atoms with E-state index in [0.29, 0.717) is 12.4 Å². The Morgan fingerprint density at radius 3 is 2.75 bits per heavy atom. The molecule has 0 atom stereocenters. The SMILES string of the molecule is CCNC(=O)Nc1cc2ccc(-c3cc(I)ccc3C)cc2cn1. The van der Waals surface area contributed by atoms with Gasteiger partial charge in [0.2, 0.25) is 0 Å². The van der Waals surface area contributed by atoms with Crippen molar-refractivity contribution in [2.75, 3.05) is 11.9 Å². The van der Waals surface area contributed by atoms with Crippen LogP contribution in [0.4, 0.5) is 10.6 Å². The smallest absolute Gasteiger partial charge is 0.320 e. The Bertz CT molecular complexity index is 908. The highest BCUT2D eigenvalue weighted by molar-refractivity contribution is 14.1. The van der Waals surface area contributed by atoms with Gasteiger partial charge in [-0.1, -0.05) is 18.2 Å². The molecule has 3 aromatic rings. The minimum absolute atomic E-state index is 0.240. The third-order valence-electron chi connectivity index (χ3n) is 3.81. The number of nitrogens with one attached hydrogen (secondary N) is 2. The molecule has 0 saturated carbocycles. The predicted octanol–water partition coefficient (Wildman–Crippen LogP) is 4.96. The molecular weight excluding hydrogens is 413 g/mol. The monoisotopic (exact) mass is 431 g/mol. The molecular formula is C19H18IN3O. The van der Waals surface area contributed by atoms with Crippen LogP contribution in [0.25, 0.3) is 21.9 Å². The van der Waals surface area contributed by atoms with Crippen LogP contribution in [0.2, 0.25) is 0 Å². The van der Waals surface area contributed by atoms with Crippen molar-refractivity contribution < 1.29 is 4.79 Å². The Balaban J connectivity index is 1.95. The molecule has 0 aliphatic carbocycles. The topological polar surface area (TPSA) is 54.0 Å². The Labute approximate surface area is 154 Å². The lowest BCUT2D eigenvalue weighted by Gasteiger charge is -2.09. The lowest BCUT2D eigenvalue weighted by Crippen LogP contribution is -2.28. The normalized spacial score (nSPS) is 10.6. The lowest BCUT2D eigenvalue weighted by atomic mass is 9.98. The van der Waals surface area contributed by atoms with Crippen molar-refractivity contribution in [2.45, 2.75) is 13.8 Å². The van der Waals surface area contributed by atoms with E-state index in [9.17, 15) is 4.79 Å². The Kier molecular flexibility index (Phi) is 4.99. The fourth-order valence-electron chi connectivity index (χ4n) is 2.60. The average Bonchev–Trinajstić information content (AvgIpc) is 2.57. The summed E-state index contributed by atoms with van der Waals surface area (Å²) in [4.78, 5) is 15.9. The number of aromatic nitrogens is 1. The first-order valence-electron chi connectivity index (χ1n) is 7.78. The Hall–Kier alpha value is -2.15. The highest BCUT2D eigenvalue weighted by Crippen LogP contribution is 2.28. The van der Waals surface area contributed by atoms with Gasteiger partial charge in [0.1, 0.15) is 5.82 Å². The highest BCUT2D eigenvalue weighted by Gasteiger charge is 2.06. The zero-order valence-electron chi connectivity index (χ0n) is 13.6. The molecule has 0 unspecified atom stereocenters. The van der Waals surface area contributed by atoms with Crippen LogP contribution in [0.1, 0.15) is 12.5 Å². The quantitative estimate of drug-likeness (QED) is 0.577. The second-order valence-corrected chi connectivity index (χ2v) is 6.82. The van der Waals surface area contributed by atoms with Crippen LogP contribution in [0, 0.1) is 10.5 Å². The zero-order chi connectivity index (χ0) is 17.1. The van der Waals surface area contributed by atoms with Crippen molar-refractivity contribution in [2.24, 2.45) is 0 Å². The van der Waals surface area contributed by atoms with Crippen LogP contribution < -0.4 is 10.6 Å². The van der Waals surface area contributed by atoms with E-state index in [-0.39, 0.29) is 6.03 Å². The number of nitrogens with zero attached hydrogens (tertiary/aromatic N) is 1. The standard InChI is InChI=1S/C19H18IN3O/c1-3-21-19(24)23-18-9-13-5-6-14(8-15(13)11-22-18)17-10-16(20)7-4-12(17)2/h4-11H,3H2,1-2H3,(H2,21,22,23,24). The summed E-state index contributed by atoms with van der Waals surface area (Å²) in [6.45, 7) is 4.58. The second kappa shape index (κ2) is 7.17. The number of carbonyl (C=O) groups is 1. The first kappa shape index (κ1) is 16.7. The highest BCUT2D eigenvalue weighted by atomic mass is 127. The minimum Gasteiger partial charge on any atom is -0.338 e. The molecule has 1 heterocycles. The van der Waals surface area contributed by atoms with Crippen LogP contribution in [-0.4, -0.2) is 17.6 Å². The fourth-order valence-corrected chi connectivity index (χ4v) is 3.10. The van der Waals surface area contributed by atoms with Crippen molar-refractivity contribution >= 4 is 45.2 Å². The van der Waals surface area contributed by atoms with E-state index in [0.717, 1.165) is 10.8 Å². The van der Waals surface area contributed by atoms with Crippen LogP contribution in [0.15, 0.2) is 48.7 Å². The van der Waals surface area contributed by atoms with E-state index < -0.39 is 0 Å². The van der Waals surface area contributed by atoms with Gasteiger partial charge in [0.25, 0.3) is 0 Å². The van der Waals surface area contributed by atoms with E-state index in [1.165, 1.54) is 20.3 Å². The molecule has 0 bridgehead atoms. The van der Waals surface area contributed by atoms with E-state index in [2.05, 4.69) is 81.5 Å². The van der Waals surface area contributed by atoms with Gasteiger partial charge in [-0.25, -0.2) is 9.78 Å². The van der Waals surface area contributed by atoms with Gasteiger partial charge >= 0.3 is 6.03 Å². The van der Waals surface area contributed by atoms with Gasteiger partial charge in [-0.3, -0.25) is 5.32 Å². The summed E-state index contributed by atoms with van der Waals surface area (Å²) in [6.07, 6.45) is 1.80. The third kappa shape index (κ3) is 3.67. The van der Waals surface area contributed by atoms with Gasteiger partial charge in [-0.15, -0.1) is 0 Å². The van der Waals surface area contributed by atoms with Gasteiger partial charge in [0.05, 0.1) is 0 Å². The number of urea groups is 1. The molecule has 122 valence electrons. The first-order chi connectivity index (χ1) is 11.6. The molecule has 3 rings (SSSR count). The van der Waals surface area contributed by atoms with Crippen LogP contribution in [0.3, 0.4) is 0 Å². The summed E-state index contributed by atoms with van der Waals surface area (Å²) >= 11 is 2.33. The summed E-state index contributed by atoms with van der Waals surface area (Å²) in [5.74, 6) is 0.548. The van der Waals surface area contributed by atoms with Crippen LogP contribution in [0.5, 0.6) is 0 Å². The maximum absolute atomic E-state index is 11.6. The predicted molar refractivity (Wildman–Crippen MR) is 107 cm³/mol. The molecule has 4 nitrogen and oxygen atoms in total. The van der Waals surface area contributed by atoms with Crippen molar-refractivity contribution in [3.8, 4) is 11.1 Å². The van der Waals surface area contributed by atoms with Gasteiger partial charge in [-0.2, -0.15) is 0 Å². The molecule has 2 aromatic carbocycles. The summed E-state index contributed by atoms with van der Waals surface area (Å²) in [6, 6.07) is 14.4. The number of fused-ring (bicyclic) bond motifs is 1.